The summed E-state index contributed by atoms with van der Waals surface area (Å²) >= 11 is -2.60. The van der Waals surface area contributed by atoms with E-state index in [4.69, 9.17) is 5.73 Å². The number of carbonyl (C=O) groups excluding carboxylic acids is 1. The van der Waals surface area contributed by atoms with E-state index in [0.717, 1.165) is 51.1 Å². The lowest BCUT2D eigenvalue weighted by atomic mass is 10.2. The smallest absolute Gasteiger partial charge is 0.244 e. The predicted molar refractivity (Wildman–Crippen MR) is 138 cm³/mol. The van der Waals surface area contributed by atoms with E-state index in [0.29, 0.717) is 17.4 Å². The Bertz CT molecular complexity index is 919. The number of benzene rings is 1. The van der Waals surface area contributed by atoms with E-state index in [9.17, 15) is 22.3 Å². The summed E-state index contributed by atoms with van der Waals surface area (Å²) in [7, 11) is 0. The molecule has 2 unspecified atom stereocenters. The predicted octanol–water partition coefficient (Wildman–Crippen LogP) is 1.82. The highest BCUT2D eigenvalue weighted by Crippen LogP contribution is 2.25. The van der Waals surface area contributed by atoms with Gasteiger partial charge in [-0.1, -0.05) is 24.4 Å². The summed E-state index contributed by atoms with van der Waals surface area (Å²) in [5.41, 5.74) is 5.96. The number of rotatable bonds is 6. The number of thiazole rings is 1. The van der Waals surface area contributed by atoms with E-state index in [1.54, 1.807) is 23.2 Å². The molecule has 3 N–H and O–H groups in total. The number of nitrogens with zero attached hydrogens (tertiary/aromatic N) is 3. The summed E-state index contributed by atoms with van der Waals surface area (Å²) in [6, 6.07) is 6.42. The molecule has 34 heavy (non-hydrogen) atoms. The standard InChI is InChI=1S/C14H19N3O3S.C4H10O2S.C3H4N2S.2H2/c18-14-13(16-9-6-15-7-10-16)5-8-17(14)11-1-3-12(4-2-11)21(19)20;1-2-3-4-7(5)6;4-3-5-1-2-6-3;;/h1-4,13,15H,5-10H2,(H,19,20);2-4H2,1H3,(H,5,6);1-2H,(H2,4,5);2*1H/p-2/t13-;;;;/m0..../s1. The molecule has 1 aromatic heterocycles. The zero-order chi connectivity index (χ0) is 24.9. The van der Waals surface area contributed by atoms with Gasteiger partial charge in [0, 0.05) is 63.5 Å². The Morgan fingerprint density at radius 1 is 1.21 bits per heavy atom. The average molecular weight is 534 g/mol. The van der Waals surface area contributed by atoms with Crippen LogP contribution in [-0.4, -0.2) is 77.8 Å². The SMILES string of the molecule is CCCCS(=O)[O-].Nc1nccs1.O=C1[C@@H](N2CCNCC2)CCN1c1ccc(S(=O)[O-])cc1.[HH].[HH]. The first-order valence-electron chi connectivity index (χ1n) is 11.0. The van der Waals surface area contributed by atoms with Crippen LogP contribution in [0, 0.1) is 0 Å². The van der Waals surface area contributed by atoms with Crippen LogP contribution in [0.3, 0.4) is 0 Å². The molecule has 0 spiro atoms. The minimum Gasteiger partial charge on any atom is -0.772 e. The Morgan fingerprint density at radius 3 is 2.32 bits per heavy atom. The maximum absolute atomic E-state index is 12.6. The van der Waals surface area contributed by atoms with Gasteiger partial charge >= 0.3 is 0 Å². The van der Waals surface area contributed by atoms with Gasteiger partial charge in [-0.05, 0) is 48.2 Å². The van der Waals surface area contributed by atoms with Gasteiger partial charge in [-0.3, -0.25) is 18.1 Å². The fourth-order valence-corrected chi connectivity index (χ4v) is 4.75. The maximum atomic E-state index is 12.6. The lowest BCUT2D eigenvalue weighted by Gasteiger charge is -2.31. The van der Waals surface area contributed by atoms with E-state index in [2.05, 4.69) is 15.2 Å². The Hall–Kier alpha value is -1.74. The molecule has 0 saturated carbocycles. The van der Waals surface area contributed by atoms with Crippen molar-refractivity contribution in [1.29, 1.82) is 0 Å². The van der Waals surface area contributed by atoms with Gasteiger partial charge in [-0.15, -0.1) is 11.3 Å². The van der Waals surface area contributed by atoms with Crippen LogP contribution in [0.25, 0.3) is 0 Å². The summed E-state index contributed by atoms with van der Waals surface area (Å²) < 4.78 is 41.2. The number of nitrogens with two attached hydrogens (primary N) is 1. The molecule has 3 atom stereocenters. The maximum Gasteiger partial charge on any atom is 0.244 e. The molecule has 0 bridgehead atoms. The molecule has 2 fully saturated rings. The Labute approximate surface area is 212 Å². The lowest BCUT2D eigenvalue weighted by Crippen LogP contribution is -2.51. The number of amides is 1. The van der Waals surface area contributed by atoms with Crippen LogP contribution in [0.15, 0.2) is 40.7 Å². The van der Waals surface area contributed by atoms with Crippen molar-refractivity contribution in [1.82, 2.24) is 15.2 Å². The van der Waals surface area contributed by atoms with Crippen molar-refractivity contribution in [3.63, 3.8) is 0 Å². The van der Waals surface area contributed by atoms with Crippen LogP contribution in [0.5, 0.6) is 0 Å². The number of hydrogen-bond acceptors (Lipinski definition) is 10. The van der Waals surface area contributed by atoms with Gasteiger partial charge in [-0.25, -0.2) is 4.98 Å². The fraction of sp³-hybridized carbons (Fsp3) is 0.524. The fourth-order valence-electron chi connectivity index (χ4n) is 3.49. The molecule has 0 aliphatic carbocycles. The van der Waals surface area contributed by atoms with Gasteiger partial charge in [-0.2, -0.15) is 0 Å². The quantitative estimate of drug-likeness (QED) is 0.529. The molecule has 2 aliphatic rings. The topological polar surface area (TPSA) is 155 Å². The zero-order valence-corrected chi connectivity index (χ0v) is 21.5. The van der Waals surface area contributed by atoms with E-state index >= 15 is 0 Å². The normalized spacial score (nSPS) is 20.0. The highest BCUT2D eigenvalue weighted by molar-refractivity contribution is 7.79. The third-order valence-electron chi connectivity index (χ3n) is 5.23. The third kappa shape index (κ3) is 9.49. The minimum atomic E-state index is -2.23. The number of nitrogens with one attached hydrogen (secondary N) is 1. The highest BCUT2D eigenvalue weighted by Gasteiger charge is 2.36. The number of hydrogen-bond donors (Lipinski definition) is 2. The molecule has 194 valence electrons. The Balaban J connectivity index is 0.000000679. The van der Waals surface area contributed by atoms with Gasteiger partial charge in [0.2, 0.25) is 5.91 Å². The molecule has 1 amide bonds. The molecular formula is C21H35N5O5S3-2. The summed E-state index contributed by atoms with van der Waals surface area (Å²) in [6.07, 6.45) is 4.25. The van der Waals surface area contributed by atoms with Crippen molar-refractivity contribution in [3.8, 4) is 0 Å². The number of anilines is 2. The first-order chi connectivity index (χ1) is 16.3. The van der Waals surface area contributed by atoms with Crippen molar-refractivity contribution in [3.05, 3.63) is 35.8 Å². The zero-order valence-electron chi connectivity index (χ0n) is 19.1. The lowest BCUT2D eigenvalue weighted by molar-refractivity contribution is -0.121. The van der Waals surface area contributed by atoms with Gasteiger partial charge in [0.1, 0.15) is 0 Å². The summed E-state index contributed by atoms with van der Waals surface area (Å²) in [6.45, 7) is 6.30. The van der Waals surface area contributed by atoms with Crippen LogP contribution in [0.4, 0.5) is 10.8 Å². The number of unbranched alkanes of at least 4 members (excludes halogenated alkanes) is 1. The average Bonchev–Trinajstić information content (AvgIpc) is 3.47. The largest absolute Gasteiger partial charge is 0.772 e. The molecule has 2 aromatic rings. The summed E-state index contributed by atoms with van der Waals surface area (Å²) in [5, 5.41) is 5.76. The van der Waals surface area contributed by atoms with Gasteiger partial charge in [0.15, 0.2) is 5.13 Å². The van der Waals surface area contributed by atoms with Crippen molar-refractivity contribution in [2.24, 2.45) is 0 Å². The van der Waals surface area contributed by atoms with Crippen LogP contribution in [-0.2, 0) is 27.0 Å². The third-order valence-corrected chi connectivity index (χ3v) is 7.11. The van der Waals surface area contributed by atoms with Crippen molar-refractivity contribution >= 4 is 50.2 Å². The van der Waals surface area contributed by atoms with Crippen LogP contribution in [0.1, 0.15) is 29.0 Å². The number of aromatic nitrogens is 1. The van der Waals surface area contributed by atoms with E-state index < -0.39 is 22.2 Å². The first kappa shape index (κ1) is 28.5. The molecule has 1 aromatic carbocycles. The molecule has 2 aliphatic heterocycles. The van der Waals surface area contributed by atoms with Crippen molar-refractivity contribution < 1.29 is 25.2 Å². The number of piperazine rings is 1. The van der Waals surface area contributed by atoms with Crippen LogP contribution in [0.2, 0.25) is 0 Å². The number of nitrogen functional groups attached to an aromatic ring is 1. The Morgan fingerprint density at radius 2 is 1.88 bits per heavy atom. The molecule has 4 rings (SSSR count). The summed E-state index contributed by atoms with van der Waals surface area (Å²) in [5.74, 6) is 0.434. The van der Waals surface area contributed by atoms with E-state index in [1.165, 1.54) is 23.5 Å². The molecular weight excluding hydrogens is 498 g/mol. The molecule has 10 nitrogen and oxygen atoms in total. The molecule has 3 heterocycles. The minimum absolute atomic E-state index is 0. The first-order valence-corrected chi connectivity index (χ1v) is 14.2. The van der Waals surface area contributed by atoms with Crippen LogP contribution >= 0.6 is 11.3 Å². The summed E-state index contributed by atoms with van der Waals surface area (Å²) in [4.78, 5) is 20.5. The number of carbonyl (C=O) groups is 1. The monoisotopic (exact) mass is 533 g/mol. The van der Waals surface area contributed by atoms with Gasteiger partial charge in [0.25, 0.3) is 0 Å². The van der Waals surface area contributed by atoms with E-state index in [1.807, 2.05) is 12.3 Å². The van der Waals surface area contributed by atoms with Gasteiger partial charge in [0.05, 0.1) is 6.04 Å². The second-order valence-electron chi connectivity index (χ2n) is 7.54. The van der Waals surface area contributed by atoms with Gasteiger partial charge < -0.3 is 25.1 Å². The molecule has 0 radical (unpaired) electrons. The molecule has 13 heteroatoms. The van der Waals surface area contributed by atoms with Crippen molar-refractivity contribution in [2.45, 2.75) is 37.1 Å². The van der Waals surface area contributed by atoms with Crippen molar-refractivity contribution in [2.75, 3.05) is 49.1 Å². The van der Waals surface area contributed by atoms with Crippen LogP contribution < -0.4 is 16.0 Å². The second-order valence-corrected chi connectivity index (χ2v) is 10.4. The second kappa shape index (κ2) is 15.3. The Kier molecular flexibility index (Phi) is 12.8. The molecule has 2 saturated heterocycles. The van der Waals surface area contributed by atoms with E-state index in [-0.39, 0.29) is 19.7 Å². The highest BCUT2D eigenvalue weighted by atomic mass is 32.2.